The number of hydrogen-bond acceptors (Lipinski definition) is 3. The van der Waals surface area contributed by atoms with Crippen molar-refractivity contribution in [3.63, 3.8) is 0 Å². The number of hydrogen-bond donors (Lipinski definition) is 0. The van der Waals surface area contributed by atoms with E-state index in [4.69, 9.17) is 9.47 Å². The van der Waals surface area contributed by atoms with Crippen LogP contribution in [0, 0.1) is 23.3 Å². The zero-order valence-corrected chi connectivity index (χ0v) is 19.0. The molecule has 0 spiro atoms. The van der Waals surface area contributed by atoms with E-state index in [1.54, 1.807) is 6.92 Å². The highest BCUT2D eigenvalue weighted by molar-refractivity contribution is 5.91. The van der Waals surface area contributed by atoms with Gasteiger partial charge in [-0.05, 0) is 54.7 Å². The molecule has 3 aromatic carbocycles. The van der Waals surface area contributed by atoms with Gasteiger partial charge in [0.1, 0.15) is 0 Å². The SMILES string of the molecule is C=CCCc1ccc(C(=O)Oc2ccc3c(c2F)C(F)C(F)c2c-3ccc(OCC)c2F)c(F)c1F. The zero-order valence-electron chi connectivity index (χ0n) is 19.0. The molecule has 0 aliphatic heterocycles. The Hall–Kier alpha value is -3.75. The van der Waals surface area contributed by atoms with Crippen molar-refractivity contribution in [2.75, 3.05) is 6.61 Å². The predicted octanol–water partition coefficient (Wildman–Crippen LogP) is 7.68. The highest BCUT2D eigenvalue weighted by atomic mass is 19.2. The van der Waals surface area contributed by atoms with Crippen LogP contribution < -0.4 is 9.47 Å². The Morgan fingerprint density at radius 3 is 2.03 bits per heavy atom. The standard InChI is InChI=1S/C27H20F6O3/c1-3-5-6-13-7-8-16(22(29)21(13)28)27(34)36-18-12-10-15-14-9-11-17(35-4-2)23(30)19(14)25(32)26(33)20(15)24(18)31/h3,7-12,25-26H,1,4-6H2,2H3. The molecule has 1 aliphatic carbocycles. The van der Waals surface area contributed by atoms with E-state index in [9.17, 15) is 22.4 Å². The normalized spacial score (nSPS) is 16.2. The number of benzene rings is 3. The lowest BCUT2D eigenvalue weighted by molar-refractivity contribution is 0.0720. The number of allylic oxidation sites excluding steroid dienone is 1. The van der Waals surface area contributed by atoms with Crippen molar-refractivity contribution in [1.82, 2.24) is 0 Å². The van der Waals surface area contributed by atoms with Gasteiger partial charge in [-0.1, -0.05) is 24.3 Å². The number of fused-ring (bicyclic) bond motifs is 3. The van der Waals surface area contributed by atoms with Gasteiger partial charge in [0.25, 0.3) is 0 Å². The molecule has 0 N–H and O–H groups in total. The van der Waals surface area contributed by atoms with Gasteiger partial charge in [0, 0.05) is 11.1 Å². The van der Waals surface area contributed by atoms with Crippen LogP contribution in [0.5, 0.6) is 11.5 Å². The monoisotopic (exact) mass is 506 g/mol. The van der Waals surface area contributed by atoms with Crippen molar-refractivity contribution in [2.24, 2.45) is 0 Å². The number of esters is 1. The molecule has 36 heavy (non-hydrogen) atoms. The zero-order chi connectivity index (χ0) is 26.1. The summed E-state index contributed by atoms with van der Waals surface area (Å²) >= 11 is 0. The number of ether oxygens (including phenoxy) is 2. The van der Waals surface area contributed by atoms with E-state index in [1.807, 2.05) is 0 Å². The lowest BCUT2D eigenvalue weighted by Gasteiger charge is -2.28. The first-order valence-electron chi connectivity index (χ1n) is 11.1. The number of carbonyl (C=O) groups excluding carboxylic acids is 1. The van der Waals surface area contributed by atoms with Gasteiger partial charge in [-0.25, -0.2) is 31.1 Å². The maximum Gasteiger partial charge on any atom is 0.346 e. The van der Waals surface area contributed by atoms with Crippen LogP contribution in [-0.2, 0) is 6.42 Å². The van der Waals surface area contributed by atoms with Gasteiger partial charge in [-0.15, -0.1) is 6.58 Å². The Morgan fingerprint density at radius 2 is 1.44 bits per heavy atom. The van der Waals surface area contributed by atoms with Gasteiger partial charge in [0.2, 0.25) is 0 Å². The fraction of sp³-hybridized carbons (Fsp3) is 0.222. The second-order valence-electron chi connectivity index (χ2n) is 8.03. The Bertz CT molecular complexity index is 1350. The van der Waals surface area contributed by atoms with E-state index in [-0.39, 0.29) is 35.5 Å². The summed E-state index contributed by atoms with van der Waals surface area (Å²) < 4.78 is 98.8. The van der Waals surface area contributed by atoms with Crippen molar-refractivity contribution in [3.8, 4) is 22.6 Å². The first-order chi connectivity index (χ1) is 17.2. The third-order valence-electron chi connectivity index (χ3n) is 5.89. The number of aryl methyl sites for hydroxylation is 1. The molecule has 0 aromatic heterocycles. The van der Waals surface area contributed by atoms with E-state index in [1.165, 1.54) is 24.3 Å². The van der Waals surface area contributed by atoms with Gasteiger partial charge < -0.3 is 9.47 Å². The third kappa shape index (κ3) is 4.23. The lowest BCUT2D eigenvalue weighted by Crippen LogP contribution is -2.18. The van der Waals surface area contributed by atoms with Crippen LogP contribution in [0.1, 0.15) is 52.7 Å². The molecule has 0 radical (unpaired) electrons. The van der Waals surface area contributed by atoms with Crippen LogP contribution >= 0.6 is 0 Å². The van der Waals surface area contributed by atoms with Crippen molar-refractivity contribution < 1.29 is 40.6 Å². The number of alkyl halides is 2. The third-order valence-corrected chi connectivity index (χ3v) is 5.89. The summed E-state index contributed by atoms with van der Waals surface area (Å²) in [6, 6.07) is 6.75. The van der Waals surface area contributed by atoms with Crippen LogP contribution in [0.25, 0.3) is 11.1 Å². The second-order valence-corrected chi connectivity index (χ2v) is 8.03. The quantitative estimate of drug-likeness (QED) is 0.143. The van der Waals surface area contributed by atoms with E-state index >= 15 is 8.78 Å². The molecule has 1 aliphatic rings. The van der Waals surface area contributed by atoms with Gasteiger partial charge in [-0.3, -0.25) is 0 Å². The minimum Gasteiger partial charge on any atom is -0.491 e. The molecular formula is C27H20F6O3. The fourth-order valence-electron chi connectivity index (χ4n) is 4.15. The Morgan fingerprint density at radius 1 is 0.861 bits per heavy atom. The molecule has 9 heteroatoms. The minimum atomic E-state index is -2.63. The molecule has 2 unspecified atom stereocenters. The molecule has 0 heterocycles. The fourth-order valence-corrected chi connectivity index (χ4v) is 4.15. The lowest BCUT2D eigenvalue weighted by atomic mass is 9.82. The number of carbonyl (C=O) groups is 1. The molecule has 2 atom stereocenters. The molecule has 0 bridgehead atoms. The summed E-state index contributed by atoms with van der Waals surface area (Å²) in [4.78, 5) is 12.5. The molecule has 3 aromatic rings. The summed E-state index contributed by atoms with van der Waals surface area (Å²) in [6.45, 7) is 5.18. The van der Waals surface area contributed by atoms with E-state index < -0.39 is 64.0 Å². The Balaban J connectivity index is 1.70. The summed E-state index contributed by atoms with van der Waals surface area (Å²) in [6.07, 6.45) is -3.15. The maximum absolute atomic E-state index is 15.3. The van der Waals surface area contributed by atoms with Crippen LogP contribution in [0.4, 0.5) is 26.3 Å². The summed E-state index contributed by atoms with van der Waals surface area (Å²) in [5.74, 6) is -7.78. The van der Waals surface area contributed by atoms with Gasteiger partial charge in [-0.2, -0.15) is 0 Å². The first kappa shape index (κ1) is 25.3. The highest BCUT2D eigenvalue weighted by Crippen LogP contribution is 2.52. The minimum absolute atomic E-state index is 0.0107. The topological polar surface area (TPSA) is 35.5 Å². The molecule has 0 saturated heterocycles. The largest absolute Gasteiger partial charge is 0.491 e. The average molecular weight is 506 g/mol. The summed E-state index contributed by atoms with van der Waals surface area (Å²) in [5.41, 5.74) is -2.42. The molecule has 188 valence electrons. The van der Waals surface area contributed by atoms with Gasteiger partial charge in [0.15, 0.2) is 47.1 Å². The van der Waals surface area contributed by atoms with Gasteiger partial charge >= 0.3 is 5.97 Å². The number of halogens is 6. The van der Waals surface area contributed by atoms with Crippen molar-refractivity contribution >= 4 is 5.97 Å². The predicted molar refractivity (Wildman–Crippen MR) is 120 cm³/mol. The molecule has 0 fully saturated rings. The molecular weight excluding hydrogens is 486 g/mol. The highest BCUT2D eigenvalue weighted by Gasteiger charge is 2.40. The van der Waals surface area contributed by atoms with E-state index in [0.29, 0.717) is 6.42 Å². The van der Waals surface area contributed by atoms with E-state index in [2.05, 4.69) is 6.58 Å². The molecule has 4 rings (SSSR count). The van der Waals surface area contributed by atoms with Crippen LogP contribution in [0.2, 0.25) is 0 Å². The van der Waals surface area contributed by atoms with Crippen molar-refractivity contribution in [2.45, 2.75) is 32.1 Å². The summed E-state index contributed by atoms with van der Waals surface area (Å²) in [5, 5.41) is 0. The molecule has 3 nitrogen and oxygen atoms in total. The van der Waals surface area contributed by atoms with Gasteiger partial charge in [0.05, 0.1) is 12.2 Å². The number of rotatable bonds is 7. The van der Waals surface area contributed by atoms with Crippen molar-refractivity contribution in [3.05, 3.63) is 94.6 Å². The Kier molecular flexibility index (Phi) is 7.10. The van der Waals surface area contributed by atoms with Crippen LogP contribution in [0.15, 0.2) is 49.1 Å². The van der Waals surface area contributed by atoms with Crippen LogP contribution in [0.3, 0.4) is 0 Å². The smallest absolute Gasteiger partial charge is 0.346 e. The first-order valence-corrected chi connectivity index (χ1v) is 11.1. The summed E-state index contributed by atoms with van der Waals surface area (Å²) in [7, 11) is 0. The molecule has 0 saturated carbocycles. The van der Waals surface area contributed by atoms with Crippen molar-refractivity contribution in [1.29, 1.82) is 0 Å². The Labute approximate surface area is 203 Å². The van der Waals surface area contributed by atoms with E-state index in [0.717, 1.165) is 18.2 Å². The second kappa shape index (κ2) is 10.1. The van der Waals surface area contributed by atoms with Crippen LogP contribution in [-0.4, -0.2) is 12.6 Å². The molecule has 0 amide bonds. The maximum atomic E-state index is 15.3. The average Bonchev–Trinajstić information content (AvgIpc) is 2.86.